The van der Waals surface area contributed by atoms with Gasteiger partial charge in [-0.3, -0.25) is 4.90 Å². The Kier molecular flexibility index (Phi) is 11.4. The van der Waals surface area contributed by atoms with Crippen LogP contribution in [0, 0.1) is 11.3 Å². The number of nitrogens with one attached hydrogen (secondary N) is 1. The summed E-state index contributed by atoms with van der Waals surface area (Å²) in [6, 6.07) is 16.4. The molecule has 17 heteroatoms. The SMILES string of the molecule is COC(=O)C1=C(C)N(c2cccc(C(F)(F)F)c2)c2n[nH]c(=O)n2C1c1ccc(C#N)cc1CCC[n+]1ccccc1.O=S(=O)([O-])CCO. The molecule has 4 aromatic rings. The van der Waals surface area contributed by atoms with Crippen LogP contribution in [0.25, 0.3) is 0 Å². The third-order valence-corrected chi connectivity index (χ3v) is 8.21. The number of aliphatic hydroxyl groups excluding tert-OH is 1. The molecule has 0 amide bonds. The van der Waals surface area contributed by atoms with E-state index in [0.717, 1.165) is 17.7 Å². The highest BCUT2D eigenvalue weighted by atomic mass is 32.2. The Labute approximate surface area is 278 Å². The summed E-state index contributed by atoms with van der Waals surface area (Å²) in [7, 11) is -2.98. The van der Waals surface area contributed by atoms with Crippen LogP contribution in [0.5, 0.6) is 0 Å². The topological polar surface area (TPSA) is 185 Å². The van der Waals surface area contributed by atoms with Crippen LogP contribution in [0.3, 0.4) is 0 Å². The number of benzene rings is 2. The van der Waals surface area contributed by atoms with Crippen molar-refractivity contribution in [2.75, 3.05) is 24.4 Å². The van der Waals surface area contributed by atoms with Gasteiger partial charge in [0.2, 0.25) is 5.95 Å². The molecule has 2 aromatic carbocycles. The van der Waals surface area contributed by atoms with Crippen molar-refractivity contribution >= 4 is 27.7 Å². The first-order chi connectivity index (χ1) is 23.2. The number of aromatic amines is 1. The average molecular weight is 701 g/mol. The van der Waals surface area contributed by atoms with Crippen LogP contribution in [-0.4, -0.2) is 58.3 Å². The standard InChI is InChI=1S/C30H25F3N6O3.C2H6O4S/c1-19-25(27(40)42-2)26(24-12-11-20(18-34)16-21(24)8-7-15-37-13-4-3-5-14-37)39-28(35-36-29(39)41)38(19)23-10-6-9-22(17-23)30(31,32)33;3-1-2-7(4,5)6/h3-6,9-14,16-17,26H,7-8,15H2,1-2H3;3H,1-2H2,(H,4,5,6). The molecule has 1 aliphatic rings. The van der Waals surface area contributed by atoms with Crippen LogP contribution in [0.4, 0.5) is 24.8 Å². The Morgan fingerprint density at radius 2 is 1.88 bits per heavy atom. The van der Waals surface area contributed by atoms with E-state index in [1.54, 1.807) is 25.1 Å². The van der Waals surface area contributed by atoms with Gasteiger partial charge in [-0.05, 0) is 54.8 Å². The number of nitrogens with zero attached hydrogens (tertiary/aromatic N) is 5. The van der Waals surface area contributed by atoms with E-state index in [9.17, 15) is 41.0 Å². The fourth-order valence-corrected chi connectivity index (χ4v) is 5.61. The number of aromatic nitrogens is 4. The average Bonchev–Trinajstić information content (AvgIpc) is 3.44. The van der Waals surface area contributed by atoms with Crippen molar-refractivity contribution < 1.29 is 45.3 Å². The number of aryl methyl sites for hydroxylation is 2. The summed E-state index contributed by atoms with van der Waals surface area (Å²) in [4.78, 5) is 27.9. The number of halogens is 3. The first-order valence-electron chi connectivity index (χ1n) is 14.6. The third kappa shape index (κ3) is 8.59. The fraction of sp³-hybridized carbons (Fsp3) is 0.281. The smallest absolute Gasteiger partial charge is 0.416 e. The third-order valence-electron chi connectivity index (χ3n) is 7.53. The fourth-order valence-electron chi connectivity index (χ4n) is 5.38. The summed E-state index contributed by atoms with van der Waals surface area (Å²) in [5.74, 6) is -1.44. The Balaban J connectivity index is 0.000000698. The van der Waals surface area contributed by atoms with E-state index in [4.69, 9.17) is 9.84 Å². The van der Waals surface area contributed by atoms with Gasteiger partial charge in [0, 0.05) is 29.9 Å². The molecule has 1 atom stereocenters. The monoisotopic (exact) mass is 700 g/mol. The number of anilines is 2. The molecule has 13 nitrogen and oxygen atoms in total. The number of rotatable bonds is 9. The van der Waals surface area contributed by atoms with Gasteiger partial charge in [0.1, 0.15) is 12.6 Å². The van der Waals surface area contributed by atoms with Gasteiger partial charge in [-0.15, -0.1) is 5.10 Å². The van der Waals surface area contributed by atoms with Gasteiger partial charge < -0.3 is 14.4 Å². The van der Waals surface area contributed by atoms with Gasteiger partial charge in [-0.1, -0.05) is 18.2 Å². The van der Waals surface area contributed by atoms with E-state index in [0.29, 0.717) is 30.5 Å². The van der Waals surface area contributed by atoms with Crippen molar-refractivity contribution in [2.24, 2.45) is 0 Å². The normalized spacial score (nSPS) is 14.4. The van der Waals surface area contributed by atoms with Crippen molar-refractivity contribution in [1.82, 2.24) is 14.8 Å². The minimum absolute atomic E-state index is 0.00429. The lowest BCUT2D eigenvalue weighted by molar-refractivity contribution is -0.697. The zero-order valence-corrected chi connectivity index (χ0v) is 27.0. The first kappa shape index (κ1) is 36.5. The summed E-state index contributed by atoms with van der Waals surface area (Å²) in [5.41, 5.74) is 0.490. The van der Waals surface area contributed by atoms with Gasteiger partial charge in [0.15, 0.2) is 12.4 Å². The van der Waals surface area contributed by atoms with Crippen molar-refractivity contribution in [3.05, 3.63) is 117 Å². The van der Waals surface area contributed by atoms with Crippen molar-refractivity contribution in [3.8, 4) is 6.07 Å². The number of H-pyrrole nitrogens is 1. The molecule has 0 bridgehead atoms. The Hall–Kier alpha value is -5.31. The molecule has 1 aliphatic heterocycles. The van der Waals surface area contributed by atoms with Crippen LogP contribution in [0.2, 0.25) is 0 Å². The predicted molar refractivity (Wildman–Crippen MR) is 167 cm³/mol. The second kappa shape index (κ2) is 15.3. The van der Waals surface area contributed by atoms with Gasteiger partial charge in [-0.25, -0.2) is 32.2 Å². The second-order valence-corrected chi connectivity index (χ2v) is 12.2. The van der Waals surface area contributed by atoms with Crippen LogP contribution in [-0.2, 0) is 38.8 Å². The van der Waals surface area contributed by atoms with Crippen LogP contribution in [0.1, 0.15) is 41.6 Å². The number of ether oxygens (including phenoxy) is 1. The lowest BCUT2D eigenvalue weighted by atomic mass is 9.88. The Morgan fingerprint density at radius 1 is 1.16 bits per heavy atom. The summed E-state index contributed by atoms with van der Waals surface area (Å²) in [5, 5.41) is 24.0. The lowest BCUT2D eigenvalue weighted by Gasteiger charge is -2.36. The van der Waals surface area contributed by atoms with Gasteiger partial charge in [-0.2, -0.15) is 18.4 Å². The van der Waals surface area contributed by atoms with Crippen molar-refractivity contribution in [2.45, 2.75) is 38.5 Å². The summed E-state index contributed by atoms with van der Waals surface area (Å²) in [6.45, 7) is 1.66. The zero-order valence-electron chi connectivity index (χ0n) is 26.2. The number of hydrogen-bond acceptors (Lipinski definition) is 10. The number of alkyl halides is 3. The second-order valence-electron chi connectivity index (χ2n) is 10.7. The number of allylic oxidation sites excluding steroid dienone is 1. The number of aliphatic hydroxyl groups is 1. The number of esters is 1. The zero-order chi connectivity index (χ0) is 35.9. The van der Waals surface area contributed by atoms with Crippen molar-refractivity contribution in [3.63, 3.8) is 0 Å². The molecular formula is C32H31F3N6O7S. The van der Waals surface area contributed by atoms with Crippen LogP contribution < -0.4 is 15.2 Å². The number of methoxy groups -OCH3 is 1. The quantitative estimate of drug-likeness (QED) is 0.149. The van der Waals surface area contributed by atoms with E-state index < -0.39 is 51.9 Å². The molecule has 49 heavy (non-hydrogen) atoms. The van der Waals surface area contributed by atoms with E-state index in [1.165, 1.54) is 28.7 Å². The minimum atomic E-state index is -4.61. The largest absolute Gasteiger partial charge is 0.748 e. The highest BCUT2D eigenvalue weighted by molar-refractivity contribution is 7.85. The Bertz CT molecular complexity index is 2060. The molecule has 3 heterocycles. The van der Waals surface area contributed by atoms with Gasteiger partial charge in [0.05, 0.1) is 52.4 Å². The first-order valence-corrected chi connectivity index (χ1v) is 16.2. The predicted octanol–water partition coefficient (Wildman–Crippen LogP) is 3.09. The number of carbonyl (C=O) groups excluding carboxylic acids is 1. The number of pyridine rings is 1. The molecule has 0 aliphatic carbocycles. The maximum Gasteiger partial charge on any atom is 0.416 e. The maximum atomic E-state index is 13.6. The lowest BCUT2D eigenvalue weighted by Crippen LogP contribution is -2.38. The van der Waals surface area contributed by atoms with E-state index in [2.05, 4.69) is 16.3 Å². The summed E-state index contributed by atoms with van der Waals surface area (Å²) < 4.78 is 77.7. The highest BCUT2D eigenvalue weighted by Gasteiger charge is 2.41. The van der Waals surface area contributed by atoms with Crippen molar-refractivity contribution in [1.29, 1.82) is 5.26 Å². The summed E-state index contributed by atoms with van der Waals surface area (Å²) in [6.07, 6.45) is 0.459. The minimum Gasteiger partial charge on any atom is -0.748 e. The molecule has 2 N–H and O–H groups in total. The van der Waals surface area contributed by atoms with E-state index in [1.807, 2.05) is 35.2 Å². The Morgan fingerprint density at radius 3 is 2.47 bits per heavy atom. The number of hydrogen-bond donors (Lipinski definition) is 2. The molecule has 0 radical (unpaired) electrons. The molecule has 1 unspecified atom stereocenters. The molecule has 0 saturated heterocycles. The molecule has 5 rings (SSSR count). The molecule has 0 saturated carbocycles. The van der Waals surface area contributed by atoms with Crippen LogP contribution >= 0.6 is 0 Å². The van der Waals surface area contributed by atoms with Crippen LogP contribution in [0.15, 0.2) is 89.1 Å². The van der Waals surface area contributed by atoms with E-state index in [-0.39, 0.29) is 22.9 Å². The van der Waals surface area contributed by atoms with Gasteiger partial charge >= 0.3 is 17.8 Å². The molecular weight excluding hydrogens is 669 g/mol. The number of fused-ring (bicyclic) bond motifs is 1. The van der Waals surface area contributed by atoms with Gasteiger partial charge in [0.25, 0.3) is 0 Å². The van der Waals surface area contributed by atoms with E-state index >= 15 is 0 Å². The molecule has 258 valence electrons. The summed E-state index contributed by atoms with van der Waals surface area (Å²) >= 11 is 0. The number of nitriles is 1. The molecule has 0 spiro atoms. The molecule has 0 fully saturated rings. The number of carbonyl (C=O) groups is 1. The maximum absolute atomic E-state index is 13.6. The highest BCUT2D eigenvalue weighted by Crippen LogP contribution is 2.43. The molecule has 2 aromatic heterocycles.